The number of nitrogens with zero attached hydrogens (tertiary/aromatic N) is 2. The Morgan fingerprint density at radius 2 is 2.00 bits per heavy atom. The van der Waals surface area contributed by atoms with Crippen molar-refractivity contribution >= 4 is 31.0 Å². The monoisotopic (exact) mass is 457 g/mol. The minimum atomic E-state index is -4.64. The van der Waals surface area contributed by atoms with E-state index in [0.29, 0.717) is 33.2 Å². The number of carbonyl (C=O) groups is 1. The van der Waals surface area contributed by atoms with Crippen molar-refractivity contribution in [3.05, 3.63) is 63.0 Å². The third-order valence-electron chi connectivity index (χ3n) is 3.98. The molecule has 0 fully saturated rings. The van der Waals surface area contributed by atoms with Gasteiger partial charge in [-0.3, -0.25) is 4.99 Å². The van der Waals surface area contributed by atoms with Gasteiger partial charge in [0, 0.05) is 17.3 Å². The molecule has 0 spiro atoms. The number of halogens is 1. The highest BCUT2D eigenvalue weighted by Crippen LogP contribution is 2.34. The van der Waals surface area contributed by atoms with Gasteiger partial charge in [0.05, 0.1) is 12.2 Å². The van der Waals surface area contributed by atoms with E-state index < -0.39 is 19.8 Å². The average molecular weight is 457 g/mol. The zero-order valence-corrected chi connectivity index (χ0v) is 18.1. The maximum absolute atomic E-state index is 14.1. The molecule has 9 nitrogen and oxygen atoms in total. The van der Waals surface area contributed by atoms with Crippen LogP contribution in [0, 0.1) is 12.7 Å². The molecule has 1 aliphatic heterocycles. The number of esters is 1. The van der Waals surface area contributed by atoms with Gasteiger partial charge in [0.1, 0.15) is 11.9 Å². The highest BCUT2D eigenvalue weighted by Gasteiger charge is 2.32. The Kier molecular flexibility index (Phi) is 7.99. The maximum atomic E-state index is 14.1. The number of rotatable bonds is 4. The molecule has 0 aliphatic carbocycles. The van der Waals surface area contributed by atoms with Crippen LogP contribution in [0.1, 0.15) is 36.0 Å². The summed E-state index contributed by atoms with van der Waals surface area (Å²) in [5.74, 6) is -0.222. The van der Waals surface area contributed by atoms with Gasteiger partial charge in [0.15, 0.2) is 10.8 Å². The number of hydrogen-bond donors (Lipinski definition) is 4. The van der Waals surface area contributed by atoms with Gasteiger partial charge in [-0.05, 0) is 38.0 Å². The van der Waals surface area contributed by atoms with Gasteiger partial charge in [0.25, 0.3) is 0 Å². The first-order valence-corrected chi connectivity index (χ1v) is 11.1. The number of benzene rings is 1. The second-order valence-electron chi connectivity index (χ2n) is 6.07. The van der Waals surface area contributed by atoms with Crippen LogP contribution in [0.4, 0.5) is 4.39 Å². The summed E-state index contributed by atoms with van der Waals surface area (Å²) in [5, 5.41) is 5.68. The topological polar surface area (TPSA) is 141 Å². The molecule has 1 aromatic heterocycles. The Balaban J connectivity index is 0.000000575. The minimum Gasteiger partial charge on any atom is -0.463 e. The van der Waals surface area contributed by atoms with Gasteiger partial charge in [-0.25, -0.2) is 18.7 Å². The van der Waals surface area contributed by atoms with Crippen LogP contribution in [0.5, 0.6) is 0 Å². The van der Waals surface area contributed by atoms with E-state index in [2.05, 4.69) is 15.3 Å². The standard InChI is InChI=1S/C18H18FN3O2S.H3O4P/c1-4-24-18(23)14-11(3)21-16(17-20-8-9-25-17)22-15(14)12-6-5-7-13(19)10(12)2;1-5(2,3)4/h5-9,15H,4H2,1-3H3,(H,21,22);(H3,1,2,3,4)/t15-;/m0./s1. The second kappa shape index (κ2) is 10.1. The summed E-state index contributed by atoms with van der Waals surface area (Å²) in [4.78, 5) is 43.0. The van der Waals surface area contributed by atoms with E-state index in [4.69, 9.17) is 24.0 Å². The van der Waals surface area contributed by atoms with E-state index in [1.807, 2.05) is 5.38 Å². The highest BCUT2D eigenvalue weighted by atomic mass is 32.1. The molecule has 0 amide bonds. The Hall–Kier alpha value is -2.43. The van der Waals surface area contributed by atoms with Crippen molar-refractivity contribution in [3.8, 4) is 0 Å². The lowest BCUT2D eigenvalue weighted by Gasteiger charge is -2.26. The van der Waals surface area contributed by atoms with Gasteiger partial charge in [-0.15, -0.1) is 11.3 Å². The lowest BCUT2D eigenvalue weighted by atomic mass is 9.92. The molecule has 0 bridgehead atoms. The van der Waals surface area contributed by atoms with Crippen LogP contribution in [0.25, 0.3) is 0 Å². The fraction of sp³-hybridized carbons (Fsp3) is 0.278. The third-order valence-corrected chi connectivity index (χ3v) is 4.76. The molecule has 12 heteroatoms. The molecule has 0 saturated carbocycles. The average Bonchev–Trinajstić information content (AvgIpc) is 3.17. The number of ether oxygens (including phenoxy) is 1. The second-order valence-corrected chi connectivity index (χ2v) is 7.99. The molecule has 3 rings (SSSR count). The zero-order chi connectivity index (χ0) is 22.5. The fourth-order valence-electron chi connectivity index (χ4n) is 2.74. The van der Waals surface area contributed by atoms with Crippen LogP contribution in [0.2, 0.25) is 0 Å². The van der Waals surface area contributed by atoms with E-state index in [1.54, 1.807) is 39.1 Å². The molecule has 4 N–H and O–H groups in total. The Bertz CT molecular complexity index is 1010. The number of allylic oxidation sites excluding steroid dienone is 1. The molecule has 1 aliphatic rings. The largest absolute Gasteiger partial charge is 0.466 e. The lowest BCUT2D eigenvalue weighted by molar-refractivity contribution is -0.138. The number of hydrogen-bond acceptors (Lipinski definition) is 7. The number of thiazole rings is 1. The van der Waals surface area contributed by atoms with Crippen LogP contribution >= 0.6 is 19.2 Å². The summed E-state index contributed by atoms with van der Waals surface area (Å²) in [6, 6.07) is 4.15. The fourth-order valence-corrected chi connectivity index (χ4v) is 3.33. The zero-order valence-electron chi connectivity index (χ0n) is 16.4. The molecule has 1 atom stereocenters. The highest BCUT2D eigenvalue weighted by molar-refractivity contribution is 7.45. The predicted octanol–water partition coefficient (Wildman–Crippen LogP) is 2.59. The lowest BCUT2D eigenvalue weighted by Crippen LogP contribution is -2.33. The Morgan fingerprint density at radius 1 is 1.33 bits per heavy atom. The minimum absolute atomic E-state index is 0.257. The third kappa shape index (κ3) is 6.28. The summed E-state index contributed by atoms with van der Waals surface area (Å²) >= 11 is 1.44. The molecule has 2 heterocycles. The predicted molar refractivity (Wildman–Crippen MR) is 109 cm³/mol. The molecule has 2 aromatic rings. The number of phosphoric acid groups is 1. The van der Waals surface area contributed by atoms with Crippen LogP contribution in [-0.4, -0.2) is 38.1 Å². The van der Waals surface area contributed by atoms with E-state index in [9.17, 15) is 9.18 Å². The summed E-state index contributed by atoms with van der Waals surface area (Å²) < 4.78 is 28.1. The summed E-state index contributed by atoms with van der Waals surface area (Å²) in [6.45, 7) is 5.48. The van der Waals surface area contributed by atoms with Gasteiger partial charge >= 0.3 is 13.8 Å². The van der Waals surface area contributed by atoms with Crippen LogP contribution in [0.3, 0.4) is 0 Å². The normalized spacial score (nSPS) is 16.2. The molecule has 162 valence electrons. The van der Waals surface area contributed by atoms with E-state index in [-0.39, 0.29) is 12.4 Å². The van der Waals surface area contributed by atoms with Crippen molar-refractivity contribution < 1.29 is 33.2 Å². The van der Waals surface area contributed by atoms with Crippen molar-refractivity contribution in [2.75, 3.05) is 6.61 Å². The van der Waals surface area contributed by atoms with Gasteiger partial charge < -0.3 is 24.7 Å². The van der Waals surface area contributed by atoms with Crippen molar-refractivity contribution in [1.82, 2.24) is 10.3 Å². The molecular formula is C18H21FN3O6PS. The van der Waals surface area contributed by atoms with Crippen molar-refractivity contribution in [2.24, 2.45) is 4.99 Å². The number of amidine groups is 1. The van der Waals surface area contributed by atoms with Gasteiger partial charge in [0.2, 0.25) is 0 Å². The summed E-state index contributed by atoms with van der Waals surface area (Å²) in [6.07, 6.45) is 1.69. The first kappa shape index (κ1) is 23.8. The Labute approximate surface area is 176 Å². The molecule has 30 heavy (non-hydrogen) atoms. The van der Waals surface area contributed by atoms with Crippen LogP contribution < -0.4 is 5.32 Å². The summed E-state index contributed by atoms with van der Waals surface area (Å²) in [7, 11) is -4.64. The number of aliphatic imine (C=N–C) groups is 1. The summed E-state index contributed by atoms with van der Waals surface area (Å²) in [5.41, 5.74) is 2.12. The van der Waals surface area contributed by atoms with Gasteiger partial charge in [-0.2, -0.15) is 0 Å². The first-order valence-electron chi connectivity index (χ1n) is 8.68. The van der Waals surface area contributed by atoms with E-state index in [1.165, 1.54) is 17.4 Å². The van der Waals surface area contributed by atoms with Gasteiger partial charge in [-0.1, -0.05) is 12.1 Å². The van der Waals surface area contributed by atoms with E-state index in [0.717, 1.165) is 0 Å². The SMILES string of the molecule is CCOC(=O)C1=C(C)NC(c2nccs2)=N[C@H]1c1cccc(F)c1C.O=P(O)(O)O. The maximum Gasteiger partial charge on any atom is 0.466 e. The molecule has 0 unspecified atom stereocenters. The number of carbonyl (C=O) groups excluding carboxylic acids is 1. The molecule has 1 aromatic carbocycles. The van der Waals surface area contributed by atoms with Crippen molar-refractivity contribution in [3.63, 3.8) is 0 Å². The van der Waals surface area contributed by atoms with Crippen LogP contribution in [-0.2, 0) is 14.1 Å². The number of aromatic nitrogens is 1. The van der Waals surface area contributed by atoms with Crippen molar-refractivity contribution in [1.29, 1.82) is 0 Å². The Morgan fingerprint density at radius 3 is 2.57 bits per heavy atom. The molecule has 0 saturated heterocycles. The first-order chi connectivity index (χ1) is 14.0. The quantitative estimate of drug-likeness (QED) is 0.406. The van der Waals surface area contributed by atoms with Crippen LogP contribution in [0.15, 0.2) is 46.0 Å². The van der Waals surface area contributed by atoms with E-state index >= 15 is 0 Å². The smallest absolute Gasteiger partial charge is 0.463 e. The number of nitrogens with one attached hydrogen (secondary N) is 1. The molecular weight excluding hydrogens is 436 g/mol. The molecule has 0 radical (unpaired) electrons. The van der Waals surface area contributed by atoms with Crippen molar-refractivity contribution in [2.45, 2.75) is 26.8 Å².